The average Bonchev–Trinajstić information content (AvgIpc) is 2.03. The molecular formula is C10H19ClO2. The van der Waals surface area contributed by atoms with E-state index < -0.39 is 12.2 Å². The smallest absolute Gasteiger partial charge is 0.0728 e. The summed E-state index contributed by atoms with van der Waals surface area (Å²) in [6.45, 7) is 3.61. The Morgan fingerprint density at radius 2 is 2.00 bits per heavy atom. The van der Waals surface area contributed by atoms with E-state index in [1.165, 1.54) is 0 Å². The van der Waals surface area contributed by atoms with Gasteiger partial charge in [0, 0.05) is 6.42 Å². The summed E-state index contributed by atoms with van der Waals surface area (Å²) >= 11 is 5.92. The summed E-state index contributed by atoms with van der Waals surface area (Å²) in [5.41, 5.74) is 0. The molecule has 0 amide bonds. The fourth-order valence-electron chi connectivity index (χ4n) is 1.11. The molecule has 0 fully saturated rings. The first-order chi connectivity index (χ1) is 6.07. The van der Waals surface area contributed by atoms with Gasteiger partial charge in [-0.3, -0.25) is 0 Å². The van der Waals surface area contributed by atoms with Crippen molar-refractivity contribution in [3.05, 3.63) is 12.2 Å². The Morgan fingerprint density at radius 1 is 1.38 bits per heavy atom. The number of rotatable bonds is 6. The highest BCUT2D eigenvalue weighted by Gasteiger charge is 2.17. The van der Waals surface area contributed by atoms with Gasteiger partial charge in [-0.25, -0.2) is 0 Å². The van der Waals surface area contributed by atoms with Gasteiger partial charge in [-0.2, -0.15) is 0 Å². The molecular weight excluding hydrogens is 188 g/mol. The summed E-state index contributed by atoms with van der Waals surface area (Å²) < 4.78 is 0. The number of alkyl halides is 1. The van der Waals surface area contributed by atoms with Crippen molar-refractivity contribution in [3.8, 4) is 0 Å². The van der Waals surface area contributed by atoms with E-state index in [9.17, 15) is 5.11 Å². The third-order valence-electron chi connectivity index (χ3n) is 1.84. The Morgan fingerprint density at radius 3 is 2.46 bits per heavy atom. The van der Waals surface area contributed by atoms with E-state index in [0.29, 0.717) is 6.42 Å². The van der Waals surface area contributed by atoms with E-state index in [1.807, 2.05) is 19.1 Å². The number of aliphatic hydroxyl groups excluding tert-OH is 2. The van der Waals surface area contributed by atoms with Crippen molar-refractivity contribution >= 4 is 11.6 Å². The number of aliphatic hydroxyl groups is 2. The molecule has 0 spiro atoms. The molecule has 0 aliphatic heterocycles. The third kappa shape index (κ3) is 7.05. The Hall–Kier alpha value is -0.0500. The maximum atomic E-state index is 9.47. The Balaban J connectivity index is 3.62. The van der Waals surface area contributed by atoms with Gasteiger partial charge in [0.15, 0.2) is 0 Å². The summed E-state index contributed by atoms with van der Waals surface area (Å²) in [4.78, 5) is 0. The topological polar surface area (TPSA) is 40.5 Å². The Kier molecular flexibility index (Phi) is 7.33. The summed E-state index contributed by atoms with van der Waals surface area (Å²) in [7, 11) is 0. The molecule has 0 saturated carbocycles. The first-order valence-corrected chi connectivity index (χ1v) is 5.13. The van der Waals surface area contributed by atoms with Gasteiger partial charge >= 0.3 is 0 Å². The molecule has 0 aromatic carbocycles. The van der Waals surface area contributed by atoms with E-state index >= 15 is 0 Å². The highest BCUT2D eigenvalue weighted by atomic mass is 35.5. The van der Waals surface area contributed by atoms with Crippen LogP contribution in [-0.4, -0.2) is 27.8 Å². The lowest BCUT2D eigenvalue weighted by Gasteiger charge is -2.17. The normalized spacial score (nSPS) is 18.8. The lowest BCUT2D eigenvalue weighted by Crippen LogP contribution is -2.24. The highest BCUT2D eigenvalue weighted by molar-refractivity contribution is 6.21. The first-order valence-electron chi connectivity index (χ1n) is 4.69. The molecule has 0 unspecified atom stereocenters. The minimum Gasteiger partial charge on any atom is -0.393 e. The second kappa shape index (κ2) is 7.36. The highest BCUT2D eigenvalue weighted by Crippen LogP contribution is 2.14. The molecule has 0 saturated heterocycles. The summed E-state index contributed by atoms with van der Waals surface area (Å²) in [6, 6.07) is 0. The van der Waals surface area contributed by atoms with Crippen LogP contribution in [0.2, 0.25) is 0 Å². The van der Waals surface area contributed by atoms with Crippen LogP contribution in [0.1, 0.15) is 33.1 Å². The predicted octanol–water partition coefficient (Wildman–Crippen LogP) is 2.08. The fraction of sp³-hybridized carbons (Fsp3) is 0.800. The number of allylic oxidation sites excluding steroid dienone is 2. The fourth-order valence-corrected chi connectivity index (χ4v) is 1.34. The van der Waals surface area contributed by atoms with Gasteiger partial charge in [0.25, 0.3) is 0 Å². The van der Waals surface area contributed by atoms with Crippen LogP contribution in [0.25, 0.3) is 0 Å². The van der Waals surface area contributed by atoms with Crippen molar-refractivity contribution in [1.82, 2.24) is 0 Å². The molecule has 3 heteroatoms. The molecule has 0 aromatic heterocycles. The van der Waals surface area contributed by atoms with Crippen LogP contribution in [0.4, 0.5) is 0 Å². The van der Waals surface area contributed by atoms with Gasteiger partial charge < -0.3 is 10.2 Å². The molecule has 2 nitrogen and oxygen atoms in total. The van der Waals surface area contributed by atoms with Crippen LogP contribution in [0, 0.1) is 0 Å². The largest absolute Gasteiger partial charge is 0.393 e. The average molecular weight is 207 g/mol. The number of hydrogen-bond donors (Lipinski definition) is 2. The molecule has 0 heterocycles. The Bertz CT molecular complexity index is 146. The van der Waals surface area contributed by atoms with Crippen LogP contribution < -0.4 is 0 Å². The van der Waals surface area contributed by atoms with Crippen molar-refractivity contribution in [3.63, 3.8) is 0 Å². The predicted molar refractivity (Wildman–Crippen MR) is 56.0 cm³/mol. The zero-order chi connectivity index (χ0) is 10.3. The maximum Gasteiger partial charge on any atom is 0.0728 e. The van der Waals surface area contributed by atoms with Crippen molar-refractivity contribution in [1.29, 1.82) is 0 Å². The van der Waals surface area contributed by atoms with E-state index in [0.717, 1.165) is 12.8 Å². The lowest BCUT2D eigenvalue weighted by atomic mass is 10.1. The number of halogens is 1. The van der Waals surface area contributed by atoms with Crippen LogP contribution in [0.15, 0.2) is 12.2 Å². The molecule has 0 rings (SSSR count). The number of hydrogen-bond acceptors (Lipinski definition) is 2. The molecule has 0 aliphatic carbocycles. The van der Waals surface area contributed by atoms with E-state index in [2.05, 4.69) is 0 Å². The van der Waals surface area contributed by atoms with Crippen molar-refractivity contribution in [2.45, 2.75) is 50.7 Å². The van der Waals surface area contributed by atoms with Gasteiger partial charge in [0.05, 0.1) is 17.6 Å². The van der Waals surface area contributed by atoms with Crippen molar-refractivity contribution in [2.75, 3.05) is 0 Å². The molecule has 0 aliphatic rings. The monoisotopic (exact) mass is 206 g/mol. The SMILES string of the molecule is C/C=C/CC[C@@H](Cl)[C@@H](O)C[C@H](C)O. The zero-order valence-corrected chi connectivity index (χ0v) is 9.04. The Labute approximate surface area is 85.2 Å². The van der Waals surface area contributed by atoms with Gasteiger partial charge in [-0.05, 0) is 26.7 Å². The second-order valence-electron chi connectivity index (χ2n) is 3.31. The van der Waals surface area contributed by atoms with Crippen LogP contribution in [0.3, 0.4) is 0 Å². The molecule has 13 heavy (non-hydrogen) atoms. The van der Waals surface area contributed by atoms with E-state index in [1.54, 1.807) is 6.92 Å². The zero-order valence-electron chi connectivity index (χ0n) is 8.28. The maximum absolute atomic E-state index is 9.47. The molecule has 0 aromatic rings. The summed E-state index contributed by atoms with van der Waals surface area (Å²) in [6.07, 6.45) is 4.87. The molecule has 0 radical (unpaired) electrons. The molecule has 0 bridgehead atoms. The lowest BCUT2D eigenvalue weighted by molar-refractivity contribution is 0.0864. The quantitative estimate of drug-likeness (QED) is 0.516. The summed E-state index contributed by atoms with van der Waals surface area (Å²) in [5.74, 6) is 0. The molecule has 2 N–H and O–H groups in total. The van der Waals surface area contributed by atoms with Crippen LogP contribution in [0.5, 0.6) is 0 Å². The van der Waals surface area contributed by atoms with Gasteiger partial charge in [-0.15, -0.1) is 11.6 Å². The van der Waals surface area contributed by atoms with Gasteiger partial charge in [0.2, 0.25) is 0 Å². The van der Waals surface area contributed by atoms with Crippen LogP contribution in [-0.2, 0) is 0 Å². The third-order valence-corrected chi connectivity index (χ3v) is 2.35. The minimum atomic E-state index is -0.605. The second-order valence-corrected chi connectivity index (χ2v) is 3.88. The molecule has 3 atom stereocenters. The van der Waals surface area contributed by atoms with Gasteiger partial charge in [-0.1, -0.05) is 12.2 Å². The van der Waals surface area contributed by atoms with Crippen LogP contribution >= 0.6 is 11.6 Å². The van der Waals surface area contributed by atoms with Gasteiger partial charge in [0.1, 0.15) is 0 Å². The standard InChI is InChI=1S/C10H19ClO2/c1-3-4-5-6-9(11)10(13)7-8(2)12/h3-4,8-10,12-13H,5-7H2,1-2H3/b4-3+/t8-,9+,10-/m0/s1. The first kappa shape index (κ1) is 12.9. The van der Waals surface area contributed by atoms with Crippen molar-refractivity contribution in [2.24, 2.45) is 0 Å². The molecule has 78 valence electrons. The van der Waals surface area contributed by atoms with Crippen molar-refractivity contribution < 1.29 is 10.2 Å². The van der Waals surface area contributed by atoms with E-state index in [4.69, 9.17) is 16.7 Å². The van der Waals surface area contributed by atoms with E-state index in [-0.39, 0.29) is 5.38 Å². The summed E-state index contributed by atoms with van der Waals surface area (Å²) in [5, 5.41) is 18.2. The minimum absolute atomic E-state index is 0.259.